The van der Waals surface area contributed by atoms with Gasteiger partial charge < -0.3 is 14.5 Å². The van der Waals surface area contributed by atoms with E-state index in [2.05, 4.69) is 45.4 Å². The predicted molar refractivity (Wildman–Crippen MR) is 157 cm³/mol. The summed E-state index contributed by atoms with van der Waals surface area (Å²) in [6.45, 7) is 5.51. The fourth-order valence-corrected chi connectivity index (χ4v) is 6.22. The number of nitriles is 1. The molecule has 206 valence electrons. The van der Waals surface area contributed by atoms with Gasteiger partial charge in [0.2, 0.25) is 6.10 Å². The van der Waals surface area contributed by atoms with Crippen LogP contribution in [0, 0.1) is 11.3 Å². The Labute approximate surface area is 237 Å². The van der Waals surface area contributed by atoms with Crippen molar-refractivity contribution >= 4 is 48.1 Å². The summed E-state index contributed by atoms with van der Waals surface area (Å²) >= 11 is 1.39. The van der Waals surface area contributed by atoms with E-state index < -0.39 is 21.8 Å². The number of fused-ring (bicyclic) bond motifs is 1. The molecule has 0 aliphatic carbocycles. The first-order valence-corrected chi connectivity index (χ1v) is 15.4. The maximum Gasteiger partial charge on any atom is 0.271 e. The lowest BCUT2D eigenvalue weighted by Gasteiger charge is -2.34. The molecule has 1 saturated heterocycles. The monoisotopic (exact) mass is 575 g/mol. The lowest BCUT2D eigenvalue weighted by Crippen LogP contribution is -2.44. The van der Waals surface area contributed by atoms with E-state index in [1.165, 1.54) is 23.5 Å². The third-order valence-electron chi connectivity index (χ3n) is 6.87. The minimum atomic E-state index is -3.39. The first-order chi connectivity index (χ1) is 19.3. The number of carbonyl (C=O) groups is 1. The molecule has 0 spiro atoms. The number of hydrogen-bond donors (Lipinski definition) is 1. The number of thiazole rings is 1. The lowest BCUT2D eigenvalue weighted by molar-refractivity contribution is -0.123. The van der Waals surface area contributed by atoms with E-state index in [-0.39, 0.29) is 10.6 Å². The summed E-state index contributed by atoms with van der Waals surface area (Å²) in [7, 11) is -1.27. The Hall–Kier alpha value is -3.98. The first kappa shape index (κ1) is 27.6. The molecular formula is C29H29N5O4S2. The summed E-state index contributed by atoms with van der Waals surface area (Å²) in [4.78, 5) is 23.0. The molecule has 5 rings (SSSR count). The van der Waals surface area contributed by atoms with Crippen LogP contribution < -0.4 is 15.0 Å². The molecule has 0 radical (unpaired) electrons. The zero-order valence-corrected chi connectivity index (χ0v) is 23.8. The number of ether oxygens (including phenoxy) is 1. The van der Waals surface area contributed by atoms with E-state index in [0.29, 0.717) is 22.0 Å². The highest BCUT2D eigenvalue weighted by molar-refractivity contribution is 7.91. The normalized spacial score (nSPS) is 15.0. The maximum absolute atomic E-state index is 13.5. The number of likely N-dealkylation sites (N-methyl/N-ethyl adjacent to an activating group) is 1. The second-order valence-electron chi connectivity index (χ2n) is 9.56. The van der Waals surface area contributed by atoms with Crippen molar-refractivity contribution in [3.63, 3.8) is 0 Å². The molecule has 11 heteroatoms. The number of nitrogens with one attached hydrogen (secondary N) is 1. The quantitative estimate of drug-likeness (QED) is 0.327. The first-order valence-electron chi connectivity index (χ1n) is 12.9. The number of piperazine rings is 1. The standard InChI is InChI=1S/C29H29N5O4S2/c1-3-40(36,37)24-11-6-21(7-12-24)27(38-23-9-4-20(19-30)5-10-23)28(35)32-29-31-25-13-8-22(18-26(25)39-29)34-16-14-33(2)15-17-34/h4-13,18,27H,3,14-17H2,1-2H3,(H,31,32,35). The minimum Gasteiger partial charge on any atom is -0.476 e. The molecule has 1 aliphatic rings. The molecule has 40 heavy (non-hydrogen) atoms. The lowest BCUT2D eigenvalue weighted by atomic mass is 10.1. The summed E-state index contributed by atoms with van der Waals surface area (Å²) in [5.41, 5.74) is 2.87. The van der Waals surface area contributed by atoms with Crippen molar-refractivity contribution in [3.05, 3.63) is 77.9 Å². The molecule has 1 amide bonds. The van der Waals surface area contributed by atoms with Crippen molar-refractivity contribution < 1.29 is 17.9 Å². The van der Waals surface area contributed by atoms with Crippen LogP contribution in [0.2, 0.25) is 0 Å². The Kier molecular flexibility index (Phi) is 8.02. The van der Waals surface area contributed by atoms with E-state index in [9.17, 15) is 13.2 Å². The van der Waals surface area contributed by atoms with Gasteiger partial charge >= 0.3 is 0 Å². The van der Waals surface area contributed by atoms with Crippen LogP contribution in [0.15, 0.2) is 71.6 Å². The van der Waals surface area contributed by atoms with Crippen molar-refractivity contribution in [2.45, 2.75) is 17.9 Å². The van der Waals surface area contributed by atoms with Gasteiger partial charge in [-0.2, -0.15) is 5.26 Å². The molecule has 0 bridgehead atoms. The third kappa shape index (κ3) is 6.09. The maximum atomic E-state index is 13.5. The van der Waals surface area contributed by atoms with Gasteiger partial charge in [0.15, 0.2) is 15.0 Å². The highest BCUT2D eigenvalue weighted by Gasteiger charge is 2.25. The van der Waals surface area contributed by atoms with Crippen LogP contribution in [0.25, 0.3) is 10.2 Å². The Morgan fingerprint density at radius 3 is 2.42 bits per heavy atom. The average molecular weight is 576 g/mol. The third-order valence-corrected chi connectivity index (χ3v) is 9.55. The molecule has 1 aromatic heterocycles. The number of anilines is 2. The Balaban J connectivity index is 1.40. The van der Waals surface area contributed by atoms with Gasteiger partial charge in [0.25, 0.3) is 5.91 Å². The molecule has 0 saturated carbocycles. The van der Waals surface area contributed by atoms with Crippen molar-refractivity contribution in [3.8, 4) is 11.8 Å². The molecule has 4 aromatic rings. The van der Waals surface area contributed by atoms with Crippen molar-refractivity contribution in [1.82, 2.24) is 9.88 Å². The Bertz CT molecular complexity index is 1650. The van der Waals surface area contributed by atoms with Crippen LogP contribution in [-0.4, -0.2) is 63.2 Å². The highest BCUT2D eigenvalue weighted by atomic mass is 32.2. The number of amides is 1. The molecule has 1 N–H and O–H groups in total. The van der Waals surface area contributed by atoms with E-state index in [1.807, 2.05) is 6.07 Å². The number of carbonyl (C=O) groups excluding carboxylic acids is 1. The molecule has 1 atom stereocenters. The molecular weight excluding hydrogens is 546 g/mol. The number of rotatable bonds is 8. The molecule has 3 aromatic carbocycles. The van der Waals surface area contributed by atoms with E-state index in [1.54, 1.807) is 43.3 Å². The van der Waals surface area contributed by atoms with Crippen LogP contribution in [0.4, 0.5) is 10.8 Å². The zero-order chi connectivity index (χ0) is 28.3. The van der Waals surface area contributed by atoms with Crippen LogP contribution in [0.5, 0.6) is 5.75 Å². The van der Waals surface area contributed by atoms with Gasteiger partial charge in [0.05, 0.1) is 32.5 Å². The average Bonchev–Trinajstić information content (AvgIpc) is 3.38. The van der Waals surface area contributed by atoms with Crippen LogP contribution in [0.1, 0.15) is 24.2 Å². The Morgan fingerprint density at radius 2 is 1.77 bits per heavy atom. The van der Waals surface area contributed by atoms with Gasteiger partial charge in [0, 0.05) is 37.4 Å². The number of hydrogen-bond acceptors (Lipinski definition) is 9. The van der Waals surface area contributed by atoms with E-state index in [0.717, 1.165) is 42.1 Å². The molecule has 1 aliphatic heterocycles. The second kappa shape index (κ2) is 11.6. The smallest absolute Gasteiger partial charge is 0.271 e. The predicted octanol–water partition coefficient (Wildman–Crippen LogP) is 4.47. The topological polar surface area (TPSA) is 116 Å². The highest BCUT2D eigenvalue weighted by Crippen LogP contribution is 2.32. The number of benzene rings is 3. The SMILES string of the molecule is CCS(=O)(=O)c1ccc(C(Oc2ccc(C#N)cc2)C(=O)Nc2nc3ccc(N4CCN(C)CC4)cc3s2)cc1. The van der Waals surface area contributed by atoms with Crippen molar-refractivity contribution in [1.29, 1.82) is 5.26 Å². The summed E-state index contributed by atoms with van der Waals surface area (Å²) in [5.74, 6) is -0.0779. The van der Waals surface area contributed by atoms with Gasteiger partial charge in [0.1, 0.15) is 5.75 Å². The fraction of sp³-hybridized carbons (Fsp3) is 0.276. The van der Waals surface area contributed by atoms with E-state index >= 15 is 0 Å². The summed E-state index contributed by atoms with van der Waals surface area (Å²) in [6.07, 6.45) is -1.08. The van der Waals surface area contributed by atoms with Crippen LogP contribution in [-0.2, 0) is 14.6 Å². The zero-order valence-electron chi connectivity index (χ0n) is 22.2. The van der Waals surface area contributed by atoms with Crippen molar-refractivity contribution in [2.24, 2.45) is 0 Å². The Morgan fingerprint density at radius 1 is 1.07 bits per heavy atom. The summed E-state index contributed by atoms with van der Waals surface area (Å²) in [5, 5.41) is 12.4. The van der Waals surface area contributed by atoms with Crippen LogP contribution >= 0.6 is 11.3 Å². The van der Waals surface area contributed by atoms with Gasteiger partial charge in [-0.25, -0.2) is 13.4 Å². The second-order valence-corrected chi connectivity index (χ2v) is 12.9. The molecule has 1 unspecified atom stereocenters. The van der Waals surface area contributed by atoms with Gasteiger partial charge in [-0.1, -0.05) is 30.4 Å². The van der Waals surface area contributed by atoms with E-state index in [4.69, 9.17) is 10.00 Å². The number of nitrogens with zero attached hydrogens (tertiary/aromatic N) is 4. The summed E-state index contributed by atoms with van der Waals surface area (Å²) in [6, 6.07) is 20.7. The number of sulfone groups is 1. The van der Waals surface area contributed by atoms with Crippen molar-refractivity contribution in [2.75, 3.05) is 49.2 Å². The largest absolute Gasteiger partial charge is 0.476 e. The van der Waals surface area contributed by atoms with Gasteiger partial charge in [-0.05, 0) is 61.6 Å². The van der Waals surface area contributed by atoms with Gasteiger partial charge in [-0.15, -0.1) is 0 Å². The molecule has 2 heterocycles. The molecule has 9 nitrogen and oxygen atoms in total. The van der Waals surface area contributed by atoms with Crippen LogP contribution in [0.3, 0.4) is 0 Å². The fourth-order valence-electron chi connectivity index (χ4n) is 4.43. The summed E-state index contributed by atoms with van der Waals surface area (Å²) < 4.78 is 31.6. The molecule has 1 fully saturated rings. The number of aromatic nitrogens is 1. The van der Waals surface area contributed by atoms with Gasteiger partial charge in [-0.3, -0.25) is 10.1 Å². The minimum absolute atomic E-state index is 0.0217.